The third-order valence-corrected chi connectivity index (χ3v) is 11.4. The molecule has 6 heteroatoms. The van der Waals surface area contributed by atoms with Crippen LogP contribution in [-0.4, -0.2) is 54.1 Å². The molecule has 0 N–H and O–H groups in total. The van der Waals surface area contributed by atoms with E-state index < -0.39 is 8.32 Å². The molecule has 1 aliphatic rings. The van der Waals surface area contributed by atoms with E-state index >= 15 is 0 Å². The zero-order chi connectivity index (χ0) is 25.9. The van der Waals surface area contributed by atoms with Crippen LogP contribution in [-0.2, 0) is 25.2 Å². The average Bonchev–Trinajstić information content (AvgIpc) is 2.81. The van der Waals surface area contributed by atoms with E-state index in [-0.39, 0.29) is 23.4 Å². The van der Waals surface area contributed by atoms with Crippen LogP contribution in [0.1, 0.15) is 46.1 Å². The summed E-state index contributed by atoms with van der Waals surface area (Å²) in [7, 11) is 1.64. The minimum absolute atomic E-state index is 0.0772. The minimum atomic E-state index is -1.76. The van der Waals surface area contributed by atoms with Crippen molar-refractivity contribution in [1.29, 1.82) is 0 Å². The molecule has 0 saturated heterocycles. The maximum Gasteiger partial charge on any atom is 0.192 e. The first-order chi connectivity index (χ1) is 16.6. The fourth-order valence-electron chi connectivity index (χ4n) is 3.48. The largest absolute Gasteiger partial charge is 0.497 e. The summed E-state index contributed by atoms with van der Waals surface area (Å²) >= 11 is 0. The van der Waals surface area contributed by atoms with Crippen molar-refractivity contribution in [3.05, 3.63) is 65.8 Å². The van der Waals surface area contributed by atoms with Gasteiger partial charge in [0.25, 0.3) is 0 Å². The number of methoxy groups -OCH3 is 2. The fourth-order valence-corrected chi connectivity index (χ4v) is 4.42. The number of hydrogen-bond acceptors (Lipinski definition) is 5. The Balaban J connectivity index is 2.04. The highest BCUT2D eigenvalue weighted by Gasteiger charge is 2.36. The van der Waals surface area contributed by atoms with E-state index in [0.717, 1.165) is 24.2 Å². The molecule has 1 aromatic carbocycles. The van der Waals surface area contributed by atoms with Gasteiger partial charge in [0.1, 0.15) is 11.9 Å². The second kappa shape index (κ2) is 14.1. The number of hydrogen-bond donors (Lipinski definition) is 0. The maximum atomic E-state index is 6.36. The Kier molecular flexibility index (Phi) is 11.9. The third-order valence-electron chi connectivity index (χ3n) is 6.92. The van der Waals surface area contributed by atoms with E-state index in [2.05, 4.69) is 71.2 Å². The van der Waals surface area contributed by atoms with Crippen LogP contribution in [0.25, 0.3) is 0 Å². The summed E-state index contributed by atoms with van der Waals surface area (Å²) in [6.07, 6.45) is 12.0. The van der Waals surface area contributed by atoms with Crippen molar-refractivity contribution in [3.63, 3.8) is 0 Å². The van der Waals surface area contributed by atoms with Crippen molar-refractivity contribution in [2.45, 2.75) is 83.6 Å². The molecule has 0 amide bonds. The van der Waals surface area contributed by atoms with Crippen molar-refractivity contribution in [1.82, 2.24) is 0 Å². The summed E-state index contributed by atoms with van der Waals surface area (Å²) in [6, 6.07) is 7.97. The Morgan fingerprint density at radius 1 is 1.11 bits per heavy atom. The average molecular weight is 503 g/mol. The zero-order valence-corrected chi connectivity index (χ0v) is 24.0. The Bertz CT molecular complexity index is 836. The van der Waals surface area contributed by atoms with Crippen molar-refractivity contribution >= 4 is 8.32 Å². The van der Waals surface area contributed by atoms with Crippen molar-refractivity contribution in [2.75, 3.05) is 27.4 Å². The van der Waals surface area contributed by atoms with Crippen LogP contribution >= 0.6 is 0 Å². The van der Waals surface area contributed by atoms with Crippen LogP contribution in [0.5, 0.6) is 5.75 Å². The van der Waals surface area contributed by atoms with Gasteiger partial charge in [0.05, 0.1) is 39.1 Å². The first-order valence-electron chi connectivity index (χ1n) is 12.6. The summed E-state index contributed by atoms with van der Waals surface area (Å²) in [4.78, 5) is 0. The second-order valence-electron chi connectivity index (χ2n) is 10.7. The first kappa shape index (κ1) is 29.5. The molecule has 0 aliphatic carbocycles. The van der Waals surface area contributed by atoms with Crippen LogP contribution in [0.15, 0.2) is 60.2 Å². The predicted octanol–water partition coefficient (Wildman–Crippen LogP) is 6.85. The van der Waals surface area contributed by atoms with Crippen molar-refractivity contribution in [3.8, 4) is 5.75 Å². The van der Waals surface area contributed by atoms with Gasteiger partial charge in [-0.1, -0.05) is 68.9 Å². The molecule has 0 spiro atoms. The smallest absolute Gasteiger partial charge is 0.192 e. The van der Waals surface area contributed by atoms with Gasteiger partial charge in [-0.05, 0) is 55.6 Å². The van der Waals surface area contributed by atoms with Crippen LogP contribution in [0, 0.1) is 0 Å². The second-order valence-corrected chi connectivity index (χ2v) is 15.5. The molecule has 0 saturated carbocycles. The lowest BCUT2D eigenvalue weighted by atomic mass is 10.0. The molecule has 3 unspecified atom stereocenters. The Morgan fingerprint density at radius 3 is 2.43 bits per heavy atom. The Morgan fingerprint density at radius 2 is 1.83 bits per heavy atom. The lowest BCUT2D eigenvalue weighted by Gasteiger charge is -2.35. The van der Waals surface area contributed by atoms with Gasteiger partial charge >= 0.3 is 0 Å². The summed E-state index contributed by atoms with van der Waals surface area (Å²) in [5.74, 6) is 0.837. The van der Waals surface area contributed by atoms with E-state index in [1.54, 1.807) is 14.2 Å². The quantitative estimate of drug-likeness (QED) is 0.218. The van der Waals surface area contributed by atoms with E-state index in [0.29, 0.717) is 19.8 Å². The molecule has 0 bridgehead atoms. The topological polar surface area (TPSA) is 46.2 Å². The Labute approximate surface area is 214 Å². The van der Waals surface area contributed by atoms with Crippen LogP contribution in [0.2, 0.25) is 18.1 Å². The standard InChI is InChI=1S/C29H46O5Si/c1-23-18-20-32-26(21-23)16-17-27(31-6)28(33-22-24-12-14-25(30-5)15-13-24)11-9-10-19-34-35(7,8)29(2,3)4/h9-10,12-18,26-28H,11,19-22H2,1-8H3/b10-9+,17-16+. The first-order valence-corrected chi connectivity index (χ1v) is 15.5. The summed E-state index contributed by atoms with van der Waals surface area (Å²) in [6.45, 7) is 15.3. The molecular weight excluding hydrogens is 456 g/mol. The fraction of sp³-hybridized carbons (Fsp3) is 0.586. The third kappa shape index (κ3) is 10.1. The molecule has 0 aromatic heterocycles. The maximum absolute atomic E-state index is 6.36. The minimum Gasteiger partial charge on any atom is -0.497 e. The lowest BCUT2D eigenvalue weighted by Crippen LogP contribution is -2.40. The molecule has 1 aliphatic heterocycles. The molecular formula is C29H46O5Si. The lowest BCUT2D eigenvalue weighted by molar-refractivity contribution is -0.0420. The molecule has 35 heavy (non-hydrogen) atoms. The van der Waals surface area contributed by atoms with Gasteiger partial charge in [-0.25, -0.2) is 0 Å². The van der Waals surface area contributed by atoms with Crippen molar-refractivity contribution in [2.24, 2.45) is 0 Å². The molecule has 0 radical (unpaired) electrons. The van der Waals surface area contributed by atoms with Gasteiger partial charge in [-0.15, -0.1) is 0 Å². The molecule has 2 rings (SSSR count). The molecule has 3 atom stereocenters. The highest BCUT2D eigenvalue weighted by atomic mass is 28.4. The molecule has 196 valence electrons. The van der Waals surface area contributed by atoms with Crippen LogP contribution < -0.4 is 4.74 Å². The SMILES string of the molecule is COc1ccc(COC(C/C=C/CO[Si](C)(C)C(C)(C)C)C(/C=C/C2CC(C)=CCO2)OC)cc1. The van der Waals surface area contributed by atoms with Gasteiger partial charge in [0, 0.05) is 7.11 Å². The zero-order valence-electron chi connectivity index (χ0n) is 23.0. The van der Waals surface area contributed by atoms with Crippen LogP contribution in [0.4, 0.5) is 0 Å². The molecule has 1 heterocycles. The summed E-state index contributed by atoms with van der Waals surface area (Å²) in [5.41, 5.74) is 2.45. The van der Waals surface area contributed by atoms with Crippen molar-refractivity contribution < 1.29 is 23.4 Å². The van der Waals surface area contributed by atoms with E-state index in [1.165, 1.54) is 5.57 Å². The highest BCUT2D eigenvalue weighted by molar-refractivity contribution is 6.74. The van der Waals surface area contributed by atoms with Gasteiger partial charge in [-0.3, -0.25) is 0 Å². The monoisotopic (exact) mass is 502 g/mol. The van der Waals surface area contributed by atoms with Crippen LogP contribution in [0.3, 0.4) is 0 Å². The summed E-state index contributed by atoms with van der Waals surface area (Å²) in [5, 5.41) is 0.200. The van der Waals surface area contributed by atoms with E-state index in [9.17, 15) is 0 Å². The normalized spacial score (nSPS) is 19.2. The van der Waals surface area contributed by atoms with E-state index in [4.69, 9.17) is 23.4 Å². The number of ether oxygens (including phenoxy) is 4. The van der Waals surface area contributed by atoms with E-state index in [1.807, 2.05) is 24.3 Å². The highest BCUT2D eigenvalue weighted by Crippen LogP contribution is 2.36. The van der Waals surface area contributed by atoms with Gasteiger partial charge in [0.2, 0.25) is 0 Å². The Hall–Kier alpha value is -1.70. The summed E-state index contributed by atoms with van der Waals surface area (Å²) < 4.78 is 29.6. The molecule has 0 fully saturated rings. The molecule has 5 nitrogen and oxygen atoms in total. The predicted molar refractivity (Wildman–Crippen MR) is 147 cm³/mol. The van der Waals surface area contributed by atoms with Gasteiger partial charge in [0.15, 0.2) is 8.32 Å². The molecule has 1 aromatic rings. The van der Waals surface area contributed by atoms with Gasteiger partial charge in [-0.2, -0.15) is 0 Å². The number of benzene rings is 1. The number of rotatable bonds is 13. The van der Waals surface area contributed by atoms with Gasteiger partial charge < -0.3 is 23.4 Å².